The van der Waals surface area contributed by atoms with E-state index in [0.29, 0.717) is 11.4 Å². The second-order valence-electron chi connectivity index (χ2n) is 5.04. The van der Waals surface area contributed by atoms with Crippen LogP contribution in [-0.4, -0.2) is 14.8 Å². The fraction of sp³-hybridized carbons (Fsp3) is 0.429. The van der Waals surface area contributed by atoms with Crippen molar-refractivity contribution < 1.29 is 4.39 Å². The molecule has 0 unspecified atom stereocenters. The van der Waals surface area contributed by atoms with Gasteiger partial charge >= 0.3 is 0 Å². The summed E-state index contributed by atoms with van der Waals surface area (Å²) in [5.74, 6) is 1.43. The van der Waals surface area contributed by atoms with Crippen molar-refractivity contribution >= 4 is 17.4 Å². The summed E-state index contributed by atoms with van der Waals surface area (Å²) in [6.07, 6.45) is 4.60. The van der Waals surface area contributed by atoms with Gasteiger partial charge in [0.05, 0.1) is 0 Å². The molecule has 0 amide bonds. The third-order valence-electron chi connectivity index (χ3n) is 3.42. The van der Waals surface area contributed by atoms with Gasteiger partial charge in [-0.25, -0.2) is 4.39 Å². The molecule has 20 heavy (non-hydrogen) atoms. The molecule has 1 aliphatic rings. The van der Waals surface area contributed by atoms with E-state index in [-0.39, 0.29) is 5.82 Å². The molecule has 0 aliphatic carbocycles. The fourth-order valence-electron chi connectivity index (χ4n) is 2.47. The van der Waals surface area contributed by atoms with E-state index < -0.39 is 0 Å². The molecule has 4 nitrogen and oxygen atoms in total. The molecule has 0 spiro atoms. The summed E-state index contributed by atoms with van der Waals surface area (Å²) in [6.45, 7) is 0.982. The molecule has 1 aromatic carbocycles. The van der Waals surface area contributed by atoms with Crippen LogP contribution in [0.4, 0.5) is 10.1 Å². The quantitative estimate of drug-likeness (QED) is 0.698. The predicted octanol–water partition coefficient (Wildman–Crippen LogP) is 3.02. The molecule has 2 N–H and O–H groups in total. The molecule has 6 heteroatoms. The number of fused-ring (bicyclic) bond motifs is 1. The monoisotopic (exact) mass is 292 g/mol. The molecule has 0 radical (unpaired) electrons. The van der Waals surface area contributed by atoms with Crippen molar-refractivity contribution in [3.8, 4) is 0 Å². The van der Waals surface area contributed by atoms with Gasteiger partial charge in [0.2, 0.25) is 0 Å². The van der Waals surface area contributed by atoms with Crippen molar-refractivity contribution in [3.63, 3.8) is 0 Å². The number of benzene rings is 1. The molecule has 1 aliphatic heterocycles. The van der Waals surface area contributed by atoms with Crippen molar-refractivity contribution in [2.24, 2.45) is 0 Å². The van der Waals surface area contributed by atoms with Crippen LogP contribution < -0.4 is 5.73 Å². The van der Waals surface area contributed by atoms with E-state index in [4.69, 9.17) is 5.73 Å². The highest BCUT2D eigenvalue weighted by atomic mass is 32.2. The van der Waals surface area contributed by atoms with Crippen molar-refractivity contribution in [2.45, 2.75) is 43.1 Å². The molecule has 0 atom stereocenters. The lowest BCUT2D eigenvalue weighted by Gasteiger charge is -2.07. The number of nitrogens with two attached hydrogens (primary N) is 1. The van der Waals surface area contributed by atoms with Gasteiger partial charge in [-0.05, 0) is 36.6 Å². The van der Waals surface area contributed by atoms with Crippen molar-refractivity contribution in [1.29, 1.82) is 0 Å². The van der Waals surface area contributed by atoms with Gasteiger partial charge in [0, 0.05) is 24.4 Å². The van der Waals surface area contributed by atoms with Crippen LogP contribution in [-0.2, 0) is 18.7 Å². The minimum absolute atomic E-state index is 0.291. The molecule has 0 bridgehead atoms. The minimum atomic E-state index is -0.291. The number of anilines is 1. The Balaban J connectivity index is 1.73. The average Bonchev–Trinajstić information content (AvgIpc) is 2.63. The van der Waals surface area contributed by atoms with Gasteiger partial charge < -0.3 is 10.3 Å². The summed E-state index contributed by atoms with van der Waals surface area (Å²) in [6, 6.07) is 4.65. The van der Waals surface area contributed by atoms with Crippen LogP contribution in [0.5, 0.6) is 0 Å². The zero-order chi connectivity index (χ0) is 13.9. The Morgan fingerprint density at radius 3 is 2.95 bits per heavy atom. The van der Waals surface area contributed by atoms with Gasteiger partial charge in [-0.2, -0.15) is 0 Å². The highest BCUT2D eigenvalue weighted by Crippen LogP contribution is 2.25. The zero-order valence-corrected chi connectivity index (χ0v) is 12.0. The van der Waals surface area contributed by atoms with Gasteiger partial charge in [0.25, 0.3) is 0 Å². The van der Waals surface area contributed by atoms with Gasteiger partial charge in [0.1, 0.15) is 11.6 Å². The SMILES string of the molecule is Nc1cc(F)cc(CSc2nnc3n2CCCCC3)c1. The molecule has 2 heterocycles. The first kappa shape index (κ1) is 13.4. The molecular formula is C14H17FN4S. The first-order valence-corrected chi connectivity index (χ1v) is 7.81. The topological polar surface area (TPSA) is 56.7 Å². The highest BCUT2D eigenvalue weighted by Gasteiger charge is 2.15. The van der Waals surface area contributed by atoms with Crippen molar-refractivity contribution in [2.75, 3.05) is 5.73 Å². The van der Waals surface area contributed by atoms with Crippen LogP contribution in [0.25, 0.3) is 0 Å². The van der Waals surface area contributed by atoms with E-state index in [1.807, 2.05) is 0 Å². The molecular weight excluding hydrogens is 275 g/mol. The first-order chi connectivity index (χ1) is 9.72. The van der Waals surface area contributed by atoms with Gasteiger partial charge in [-0.15, -0.1) is 10.2 Å². The molecule has 0 saturated carbocycles. The number of aromatic nitrogens is 3. The Labute approximate surface area is 121 Å². The number of aryl methyl sites for hydroxylation is 1. The first-order valence-electron chi connectivity index (χ1n) is 6.82. The lowest BCUT2D eigenvalue weighted by Crippen LogP contribution is -2.02. The summed E-state index contributed by atoms with van der Waals surface area (Å²) in [4.78, 5) is 0. The van der Waals surface area contributed by atoms with E-state index >= 15 is 0 Å². The van der Waals surface area contributed by atoms with Crippen LogP contribution >= 0.6 is 11.8 Å². The summed E-state index contributed by atoms with van der Waals surface area (Å²) in [5, 5.41) is 9.43. The predicted molar refractivity (Wildman–Crippen MR) is 78.0 cm³/mol. The molecule has 2 aromatic rings. The van der Waals surface area contributed by atoms with Crippen LogP contribution in [0.15, 0.2) is 23.4 Å². The fourth-order valence-corrected chi connectivity index (χ4v) is 3.39. The lowest BCUT2D eigenvalue weighted by molar-refractivity contribution is 0.591. The Morgan fingerprint density at radius 1 is 1.20 bits per heavy atom. The number of halogens is 1. The highest BCUT2D eigenvalue weighted by molar-refractivity contribution is 7.98. The van der Waals surface area contributed by atoms with Gasteiger partial charge in [-0.1, -0.05) is 18.2 Å². The van der Waals surface area contributed by atoms with E-state index in [0.717, 1.165) is 29.5 Å². The number of nitrogens with zero attached hydrogens (tertiary/aromatic N) is 3. The molecule has 0 saturated heterocycles. The summed E-state index contributed by atoms with van der Waals surface area (Å²) < 4.78 is 15.5. The minimum Gasteiger partial charge on any atom is -0.399 e. The number of nitrogen functional groups attached to an aromatic ring is 1. The van der Waals surface area contributed by atoms with Gasteiger partial charge in [0.15, 0.2) is 5.16 Å². The van der Waals surface area contributed by atoms with Crippen LogP contribution in [0.3, 0.4) is 0 Å². The third-order valence-corrected chi connectivity index (χ3v) is 4.46. The van der Waals surface area contributed by atoms with Crippen LogP contribution in [0, 0.1) is 5.82 Å². The van der Waals surface area contributed by atoms with E-state index in [1.165, 1.54) is 31.4 Å². The Kier molecular flexibility index (Phi) is 3.91. The van der Waals surface area contributed by atoms with Crippen LogP contribution in [0.2, 0.25) is 0 Å². The second kappa shape index (κ2) is 5.83. The molecule has 3 rings (SSSR count). The maximum atomic E-state index is 13.3. The zero-order valence-electron chi connectivity index (χ0n) is 11.2. The maximum absolute atomic E-state index is 13.3. The van der Waals surface area contributed by atoms with Crippen molar-refractivity contribution in [3.05, 3.63) is 35.4 Å². The lowest BCUT2D eigenvalue weighted by atomic mass is 10.2. The normalized spacial score (nSPS) is 14.8. The Bertz CT molecular complexity index is 591. The van der Waals surface area contributed by atoms with Gasteiger partial charge in [-0.3, -0.25) is 0 Å². The third kappa shape index (κ3) is 2.95. The second-order valence-corrected chi connectivity index (χ2v) is 5.99. The number of thioether (sulfide) groups is 1. The van der Waals surface area contributed by atoms with Crippen molar-refractivity contribution in [1.82, 2.24) is 14.8 Å². The number of hydrogen-bond acceptors (Lipinski definition) is 4. The molecule has 0 fully saturated rings. The smallest absolute Gasteiger partial charge is 0.191 e. The standard InChI is InChI=1S/C14H17FN4S/c15-11-6-10(7-12(16)8-11)9-20-14-18-17-13-4-2-1-3-5-19(13)14/h6-8H,1-5,9,16H2. The summed E-state index contributed by atoms with van der Waals surface area (Å²) >= 11 is 1.59. The Hall–Kier alpha value is -1.56. The summed E-state index contributed by atoms with van der Waals surface area (Å²) in [7, 11) is 0. The number of hydrogen-bond donors (Lipinski definition) is 1. The van der Waals surface area contributed by atoms with E-state index in [1.54, 1.807) is 17.8 Å². The maximum Gasteiger partial charge on any atom is 0.191 e. The Morgan fingerprint density at radius 2 is 2.10 bits per heavy atom. The van der Waals surface area contributed by atoms with Crippen LogP contribution in [0.1, 0.15) is 30.7 Å². The molecule has 106 valence electrons. The average molecular weight is 292 g/mol. The largest absolute Gasteiger partial charge is 0.399 e. The summed E-state index contributed by atoms with van der Waals surface area (Å²) in [5.41, 5.74) is 6.99. The van der Waals surface area contributed by atoms with E-state index in [2.05, 4.69) is 14.8 Å². The van der Waals surface area contributed by atoms with E-state index in [9.17, 15) is 4.39 Å². The number of rotatable bonds is 3. The molecule has 1 aromatic heterocycles.